The van der Waals surface area contributed by atoms with Crippen LogP contribution in [-0.4, -0.2) is 33.4 Å². The highest BCUT2D eigenvalue weighted by Gasteiger charge is 2.15. The van der Waals surface area contributed by atoms with Crippen LogP contribution in [-0.2, 0) is 11.2 Å². The van der Waals surface area contributed by atoms with Gasteiger partial charge in [0.25, 0.3) is 0 Å². The Kier molecular flexibility index (Phi) is 7.53. The lowest BCUT2D eigenvalue weighted by molar-refractivity contribution is 0.0946. The van der Waals surface area contributed by atoms with E-state index in [1.807, 2.05) is 12.1 Å². The van der Waals surface area contributed by atoms with Gasteiger partial charge in [0.05, 0.1) is 13.2 Å². The SMILES string of the molecule is CCNCC(Cc1ccccc1OC)CC(C)OC. The normalized spacial score (nSPS) is 14.1. The summed E-state index contributed by atoms with van der Waals surface area (Å²) < 4.78 is 10.8. The van der Waals surface area contributed by atoms with Gasteiger partial charge < -0.3 is 14.8 Å². The zero-order valence-corrected chi connectivity index (χ0v) is 12.6. The fourth-order valence-corrected chi connectivity index (χ4v) is 2.34. The summed E-state index contributed by atoms with van der Waals surface area (Å²) in [5.41, 5.74) is 1.27. The standard InChI is InChI=1S/C16H27NO2/c1-5-17-12-14(10-13(2)18-3)11-15-8-6-7-9-16(15)19-4/h6-9,13-14,17H,5,10-12H2,1-4H3. The Morgan fingerprint density at radius 2 is 1.95 bits per heavy atom. The molecule has 3 heteroatoms. The zero-order chi connectivity index (χ0) is 14.1. The van der Waals surface area contributed by atoms with Gasteiger partial charge in [-0.15, -0.1) is 0 Å². The summed E-state index contributed by atoms with van der Waals surface area (Å²) in [6.45, 7) is 6.28. The second kappa shape index (κ2) is 8.94. The van der Waals surface area contributed by atoms with Gasteiger partial charge in [-0.3, -0.25) is 0 Å². The van der Waals surface area contributed by atoms with Gasteiger partial charge in [0.15, 0.2) is 0 Å². The first-order chi connectivity index (χ1) is 9.21. The summed E-state index contributed by atoms with van der Waals surface area (Å²) in [7, 11) is 3.51. The highest BCUT2D eigenvalue weighted by atomic mass is 16.5. The molecule has 0 aliphatic heterocycles. The molecule has 0 saturated heterocycles. The first kappa shape index (κ1) is 16.0. The van der Waals surface area contributed by atoms with Gasteiger partial charge in [-0.05, 0) is 50.4 Å². The molecule has 19 heavy (non-hydrogen) atoms. The van der Waals surface area contributed by atoms with Crippen LogP contribution in [0.25, 0.3) is 0 Å². The van der Waals surface area contributed by atoms with Crippen molar-refractivity contribution in [3.63, 3.8) is 0 Å². The Morgan fingerprint density at radius 1 is 1.21 bits per heavy atom. The van der Waals surface area contributed by atoms with Crippen molar-refractivity contribution in [2.75, 3.05) is 27.3 Å². The second-order valence-electron chi connectivity index (χ2n) is 4.97. The van der Waals surface area contributed by atoms with Crippen LogP contribution in [0.4, 0.5) is 0 Å². The van der Waals surface area contributed by atoms with E-state index in [0.29, 0.717) is 12.0 Å². The van der Waals surface area contributed by atoms with Crippen molar-refractivity contribution in [1.82, 2.24) is 5.32 Å². The molecule has 0 amide bonds. The van der Waals surface area contributed by atoms with E-state index in [0.717, 1.165) is 31.7 Å². The molecule has 2 atom stereocenters. The molecule has 108 valence electrons. The van der Waals surface area contributed by atoms with E-state index < -0.39 is 0 Å². The van der Waals surface area contributed by atoms with E-state index in [1.54, 1.807) is 14.2 Å². The minimum atomic E-state index is 0.290. The Labute approximate surface area is 117 Å². The molecule has 0 aliphatic carbocycles. The first-order valence-corrected chi connectivity index (χ1v) is 7.06. The molecule has 0 aliphatic rings. The average molecular weight is 265 g/mol. The first-order valence-electron chi connectivity index (χ1n) is 7.06. The number of rotatable bonds is 9. The van der Waals surface area contributed by atoms with Crippen LogP contribution in [0, 0.1) is 5.92 Å². The van der Waals surface area contributed by atoms with E-state index in [-0.39, 0.29) is 0 Å². The lowest BCUT2D eigenvalue weighted by Crippen LogP contribution is -2.27. The van der Waals surface area contributed by atoms with E-state index in [4.69, 9.17) is 9.47 Å². The number of hydrogen-bond acceptors (Lipinski definition) is 3. The minimum absolute atomic E-state index is 0.290. The predicted molar refractivity (Wildman–Crippen MR) is 79.8 cm³/mol. The van der Waals surface area contributed by atoms with E-state index in [2.05, 4.69) is 31.3 Å². The third-order valence-electron chi connectivity index (χ3n) is 3.45. The summed E-state index contributed by atoms with van der Waals surface area (Å²) in [6.07, 6.45) is 2.37. The summed E-state index contributed by atoms with van der Waals surface area (Å²) in [6, 6.07) is 8.26. The molecule has 2 unspecified atom stereocenters. The van der Waals surface area contributed by atoms with Crippen molar-refractivity contribution in [3.8, 4) is 5.75 Å². The van der Waals surface area contributed by atoms with Crippen molar-refractivity contribution in [1.29, 1.82) is 0 Å². The summed E-state index contributed by atoms with van der Waals surface area (Å²) >= 11 is 0. The van der Waals surface area contributed by atoms with Crippen LogP contribution < -0.4 is 10.1 Å². The van der Waals surface area contributed by atoms with E-state index in [1.165, 1.54) is 5.56 Å². The molecule has 1 rings (SSSR count). The molecule has 1 N–H and O–H groups in total. The topological polar surface area (TPSA) is 30.5 Å². The quantitative estimate of drug-likeness (QED) is 0.744. The van der Waals surface area contributed by atoms with Gasteiger partial charge in [0.1, 0.15) is 5.75 Å². The third-order valence-corrected chi connectivity index (χ3v) is 3.45. The Bertz CT molecular complexity index is 354. The monoisotopic (exact) mass is 265 g/mol. The summed E-state index contributed by atoms with van der Waals surface area (Å²) in [5, 5.41) is 3.44. The predicted octanol–water partition coefficient (Wildman–Crippen LogP) is 2.89. The van der Waals surface area contributed by atoms with Crippen LogP contribution >= 0.6 is 0 Å². The maximum atomic E-state index is 5.43. The molecule has 0 fully saturated rings. The van der Waals surface area contributed by atoms with Crippen molar-refractivity contribution >= 4 is 0 Å². The highest BCUT2D eigenvalue weighted by Crippen LogP contribution is 2.23. The van der Waals surface area contributed by atoms with E-state index >= 15 is 0 Å². The number of nitrogens with one attached hydrogen (secondary N) is 1. The van der Waals surface area contributed by atoms with Crippen LogP contribution in [0.3, 0.4) is 0 Å². The molecule has 0 aromatic heterocycles. The molecule has 3 nitrogen and oxygen atoms in total. The molecule has 1 aromatic carbocycles. The van der Waals surface area contributed by atoms with Crippen LogP contribution in [0.1, 0.15) is 25.8 Å². The van der Waals surface area contributed by atoms with Crippen molar-refractivity contribution < 1.29 is 9.47 Å². The van der Waals surface area contributed by atoms with Crippen LogP contribution in [0.15, 0.2) is 24.3 Å². The second-order valence-corrected chi connectivity index (χ2v) is 4.97. The highest BCUT2D eigenvalue weighted by molar-refractivity contribution is 5.33. The fraction of sp³-hybridized carbons (Fsp3) is 0.625. The lowest BCUT2D eigenvalue weighted by Gasteiger charge is -2.21. The van der Waals surface area contributed by atoms with Crippen LogP contribution in [0.5, 0.6) is 5.75 Å². The molecule has 1 aromatic rings. The minimum Gasteiger partial charge on any atom is -0.496 e. The number of hydrogen-bond donors (Lipinski definition) is 1. The van der Waals surface area contributed by atoms with Gasteiger partial charge in [-0.25, -0.2) is 0 Å². The number of methoxy groups -OCH3 is 2. The molecular formula is C16H27NO2. The maximum Gasteiger partial charge on any atom is 0.122 e. The number of ether oxygens (including phenoxy) is 2. The van der Waals surface area contributed by atoms with E-state index in [9.17, 15) is 0 Å². The zero-order valence-electron chi connectivity index (χ0n) is 12.6. The fourth-order valence-electron chi connectivity index (χ4n) is 2.34. The van der Waals surface area contributed by atoms with Crippen molar-refractivity contribution in [2.24, 2.45) is 5.92 Å². The Morgan fingerprint density at radius 3 is 2.58 bits per heavy atom. The average Bonchev–Trinajstić information content (AvgIpc) is 2.45. The summed E-state index contributed by atoms with van der Waals surface area (Å²) in [5.74, 6) is 1.54. The maximum absolute atomic E-state index is 5.43. The molecule has 0 spiro atoms. The molecule has 0 radical (unpaired) electrons. The van der Waals surface area contributed by atoms with Gasteiger partial charge in [0, 0.05) is 7.11 Å². The summed E-state index contributed by atoms with van der Waals surface area (Å²) in [4.78, 5) is 0. The third kappa shape index (κ3) is 5.62. The molecule has 0 heterocycles. The Balaban J connectivity index is 2.69. The van der Waals surface area contributed by atoms with Crippen molar-refractivity contribution in [3.05, 3.63) is 29.8 Å². The van der Waals surface area contributed by atoms with Crippen LogP contribution in [0.2, 0.25) is 0 Å². The molecule has 0 bridgehead atoms. The largest absolute Gasteiger partial charge is 0.496 e. The van der Waals surface area contributed by atoms with Gasteiger partial charge >= 0.3 is 0 Å². The van der Waals surface area contributed by atoms with Gasteiger partial charge in [0.2, 0.25) is 0 Å². The van der Waals surface area contributed by atoms with Gasteiger partial charge in [-0.2, -0.15) is 0 Å². The lowest BCUT2D eigenvalue weighted by atomic mass is 9.93. The molecule has 0 saturated carbocycles. The smallest absolute Gasteiger partial charge is 0.122 e. The molecular weight excluding hydrogens is 238 g/mol. The van der Waals surface area contributed by atoms with Gasteiger partial charge in [-0.1, -0.05) is 25.1 Å². The number of benzene rings is 1. The Hall–Kier alpha value is -1.06. The number of para-hydroxylation sites is 1. The van der Waals surface area contributed by atoms with Crippen molar-refractivity contribution in [2.45, 2.75) is 32.8 Å².